The normalized spacial score (nSPS) is 30.1. The average Bonchev–Trinajstić information content (AvgIpc) is 2.95. The van der Waals surface area contributed by atoms with Gasteiger partial charge in [0.1, 0.15) is 6.10 Å². The first-order valence-corrected chi connectivity index (χ1v) is 7.14. The summed E-state index contributed by atoms with van der Waals surface area (Å²) in [4.78, 5) is 0.975. The Morgan fingerprint density at radius 2 is 2.47 bits per heavy atom. The Balaban J connectivity index is 2.26. The van der Waals surface area contributed by atoms with E-state index >= 15 is 0 Å². The largest absolute Gasteiger partial charge is 0.386 e. The van der Waals surface area contributed by atoms with Gasteiger partial charge in [-0.2, -0.15) is 5.26 Å². The SMILES string of the molecule is CCC1CCC(C#N)(C(O)c2sccc2C)C1. The van der Waals surface area contributed by atoms with Crippen LogP contribution in [0.2, 0.25) is 0 Å². The molecule has 0 amide bonds. The van der Waals surface area contributed by atoms with Crippen molar-refractivity contribution in [3.63, 3.8) is 0 Å². The Morgan fingerprint density at radius 1 is 1.71 bits per heavy atom. The molecule has 1 N–H and O–H groups in total. The van der Waals surface area contributed by atoms with Crippen molar-refractivity contribution in [2.45, 2.75) is 45.6 Å². The van der Waals surface area contributed by atoms with Gasteiger partial charge in [-0.15, -0.1) is 11.3 Å². The number of hydrogen-bond donors (Lipinski definition) is 1. The maximum Gasteiger partial charge on any atom is 0.107 e. The Morgan fingerprint density at radius 3 is 2.94 bits per heavy atom. The van der Waals surface area contributed by atoms with Crippen LogP contribution in [-0.2, 0) is 0 Å². The van der Waals surface area contributed by atoms with Crippen molar-refractivity contribution < 1.29 is 5.11 Å². The molecular weight excluding hydrogens is 230 g/mol. The molecule has 0 spiro atoms. The molecule has 1 saturated carbocycles. The lowest BCUT2D eigenvalue weighted by Crippen LogP contribution is -2.24. The van der Waals surface area contributed by atoms with Crippen molar-refractivity contribution in [3.8, 4) is 6.07 Å². The quantitative estimate of drug-likeness (QED) is 0.885. The third-order valence-electron chi connectivity index (χ3n) is 4.13. The molecule has 3 atom stereocenters. The Bertz CT molecular complexity index is 434. The van der Waals surface area contributed by atoms with E-state index in [1.807, 2.05) is 18.4 Å². The number of thiophene rings is 1. The lowest BCUT2D eigenvalue weighted by molar-refractivity contribution is 0.0667. The van der Waals surface area contributed by atoms with Gasteiger partial charge in [0, 0.05) is 4.88 Å². The molecule has 92 valence electrons. The Labute approximate surface area is 107 Å². The van der Waals surface area contributed by atoms with Crippen molar-refractivity contribution in [2.75, 3.05) is 0 Å². The van der Waals surface area contributed by atoms with Crippen LogP contribution in [0, 0.1) is 29.6 Å². The molecule has 1 aliphatic rings. The fraction of sp³-hybridized carbons (Fsp3) is 0.643. The van der Waals surface area contributed by atoms with Gasteiger partial charge < -0.3 is 5.11 Å². The van der Waals surface area contributed by atoms with Crippen LogP contribution >= 0.6 is 11.3 Å². The highest BCUT2D eigenvalue weighted by Gasteiger charge is 2.45. The number of hydrogen-bond acceptors (Lipinski definition) is 3. The third-order valence-corrected chi connectivity index (χ3v) is 5.20. The smallest absolute Gasteiger partial charge is 0.107 e. The van der Waals surface area contributed by atoms with Crippen molar-refractivity contribution >= 4 is 11.3 Å². The second-order valence-corrected chi connectivity index (χ2v) is 6.10. The zero-order valence-electron chi connectivity index (χ0n) is 10.4. The molecule has 0 bridgehead atoms. The molecule has 2 nitrogen and oxygen atoms in total. The summed E-state index contributed by atoms with van der Waals surface area (Å²) in [6, 6.07) is 4.43. The summed E-state index contributed by atoms with van der Waals surface area (Å²) in [5.74, 6) is 0.601. The molecule has 0 aromatic carbocycles. The monoisotopic (exact) mass is 249 g/mol. The molecule has 1 fully saturated rings. The lowest BCUT2D eigenvalue weighted by atomic mass is 9.79. The summed E-state index contributed by atoms with van der Waals surface area (Å²) >= 11 is 1.57. The van der Waals surface area contributed by atoms with E-state index in [-0.39, 0.29) is 0 Å². The van der Waals surface area contributed by atoms with Gasteiger partial charge in [0.15, 0.2) is 0 Å². The molecule has 3 heteroatoms. The lowest BCUT2D eigenvalue weighted by Gasteiger charge is -2.27. The van der Waals surface area contributed by atoms with Crippen molar-refractivity contribution in [1.82, 2.24) is 0 Å². The van der Waals surface area contributed by atoms with Gasteiger partial charge in [-0.05, 0) is 49.1 Å². The zero-order chi connectivity index (χ0) is 12.5. The first-order chi connectivity index (χ1) is 8.13. The summed E-state index contributed by atoms with van der Waals surface area (Å²) in [7, 11) is 0. The molecule has 1 aromatic heterocycles. The molecule has 1 aliphatic carbocycles. The van der Waals surface area contributed by atoms with Crippen molar-refractivity contribution in [1.29, 1.82) is 5.26 Å². The Kier molecular flexibility index (Phi) is 3.56. The van der Waals surface area contributed by atoms with Crippen LogP contribution in [0.5, 0.6) is 0 Å². The molecule has 1 aromatic rings. The standard InChI is InChI=1S/C14H19NOS/c1-3-11-4-6-14(8-11,9-15)13(16)12-10(2)5-7-17-12/h5,7,11,13,16H,3-4,6,8H2,1-2H3. The van der Waals surface area contributed by atoms with Gasteiger partial charge in [-0.3, -0.25) is 0 Å². The Hall–Kier alpha value is -0.850. The van der Waals surface area contributed by atoms with Crippen LogP contribution in [0.3, 0.4) is 0 Å². The van der Waals surface area contributed by atoms with Gasteiger partial charge in [-0.25, -0.2) is 0 Å². The van der Waals surface area contributed by atoms with Gasteiger partial charge in [0.25, 0.3) is 0 Å². The first kappa shape index (κ1) is 12.6. The summed E-state index contributed by atoms with van der Waals surface area (Å²) < 4.78 is 0. The molecule has 0 saturated heterocycles. The van der Waals surface area contributed by atoms with Crippen molar-refractivity contribution in [2.24, 2.45) is 11.3 Å². The highest BCUT2D eigenvalue weighted by molar-refractivity contribution is 7.10. The minimum Gasteiger partial charge on any atom is -0.386 e. The molecule has 0 aliphatic heterocycles. The van der Waals surface area contributed by atoms with Crippen LogP contribution in [-0.4, -0.2) is 5.11 Å². The maximum absolute atomic E-state index is 10.5. The molecule has 17 heavy (non-hydrogen) atoms. The molecular formula is C14H19NOS. The van der Waals surface area contributed by atoms with Gasteiger partial charge >= 0.3 is 0 Å². The molecule has 2 rings (SSSR count). The predicted octanol–water partition coefficient (Wildman–Crippen LogP) is 3.81. The number of rotatable bonds is 3. The second-order valence-electron chi connectivity index (χ2n) is 5.16. The van der Waals surface area contributed by atoms with Crippen LogP contribution < -0.4 is 0 Å². The topological polar surface area (TPSA) is 44.0 Å². The van der Waals surface area contributed by atoms with E-state index in [0.717, 1.165) is 36.1 Å². The van der Waals surface area contributed by atoms with E-state index < -0.39 is 11.5 Å². The number of aliphatic hydroxyl groups excluding tert-OH is 1. The summed E-state index contributed by atoms with van der Waals surface area (Å²) in [5.41, 5.74) is 0.563. The van der Waals surface area contributed by atoms with Crippen LogP contribution in [0.1, 0.15) is 49.2 Å². The van der Waals surface area contributed by atoms with Gasteiger partial charge in [0.05, 0.1) is 11.5 Å². The minimum absolute atomic E-state index is 0.545. The summed E-state index contributed by atoms with van der Waals surface area (Å²) in [6.07, 6.45) is 3.26. The molecule has 1 heterocycles. The highest BCUT2D eigenvalue weighted by atomic mass is 32.1. The second kappa shape index (κ2) is 4.80. The number of nitrogens with zero attached hydrogens (tertiary/aromatic N) is 1. The molecule has 3 unspecified atom stereocenters. The van der Waals surface area contributed by atoms with E-state index in [4.69, 9.17) is 0 Å². The molecule has 0 radical (unpaired) electrons. The van der Waals surface area contributed by atoms with E-state index in [0.29, 0.717) is 5.92 Å². The van der Waals surface area contributed by atoms with E-state index in [1.165, 1.54) is 0 Å². The van der Waals surface area contributed by atoms with Gasteiger partial charge in [-0.1, -0.05) is 13.3 Å². The number of aliphatic hydroxyl groups is 1. The van der Waals surface area contributed by atoms with Crippen LogP contribution in [0.25, 0.3) is 0 Å². The van der Waals surface area contributed by atoms with E-state index in [1.54, 1.807) is 11.3 Å². The number of nitriles is 1. The maximum atomic E-state index is 10.5. The summed E-state index contributed by atoms with van der Waals surface area (Å²) in [5, 5.41) is 22.0. The fourth-order valence-corrected chi connectivity index (χ4v) is 3.88. The summed E-state index contributed by atoms with van der Waals surface area (Å²) in [6.45, 7) is 4.17. The van der Waals surface area contributed by atoms with Crippen LogP contribution in [0.15, 0.2) is 11.4 Å². The first-order valence-electron chi connectivity index (χ1n) is 6.26. The average molecular weight is 249 g/mol. The zero-order valence-corrected chi connectivity index (χ0v) is 11.3. The minimum atomic E-state index is -0.607. The van der Waals surface area contributed by atoms with E-state index in [2.05, 4.69) is 13.0 Å². The fourth-order valence-electron chi connectivity index (χ4n) is 2.86. The van der Waals surface area contributed by atoms with Gasteiger partial charge in [0.2, 0.25) is 0 Å². The van der Waals surface area contributed by atoms with Crippen LogP contribution in [0.4, 0.5) is 0 Å². The number of aryl methyl sites for hydroxylation is 1. The van der Waals surface area contributed by atoms with E-state index in [9.17, 15) is 10.4 Å². The highest BCUT2D eigenvalue weighted by Crippen LogP contribution is 2.51. The third kappa shape index (κ3) is 2.12. The van der Waals surface area contributed by atoms with Crippen molar-refractivity contribution in [3.05, 3.63) is 21.9 Å². The predicted molar refractivity (Wildman–Crippen MR) is 69.7 cm³/mol.